The minimum atomic E-state index is -0.517. The van der Waals surface area contributed by atoms with Crippen LogP contribution in [0.4, 0.5) is 5.13 Å². The van der Waals surface area contributed by atoms with E-state index in [1.165, 1.54) is 11.3 Å². The standard InChI is InChI=1S/C21H17ClN2O3S/c1-12-18(13-3-2-4-15(22)9-13)23-20(28-12)24-19(25)21(7-8-21)14-5-6-16-17(10-14)27-11-26-16/h2-6,9-10H,7-8,11H2,1H3,(H,23,24,25). The zero-order valence-electron chi connectivity index (χ0n) is 15.1. The SMILES string of the molecule is Cc1sc(NC(=O)C2(c3ccc4c(c3)OCO4)CC2)nc1-c1cccc(Cl)c1. The van der Waals surface area contributed by atoms with Crippen molar-refractivity contribution in [3.05, 3.63) is 57.9 Å². The third-order valence-electron chi connectivity index (χ3n) is 5.22. The van der Waals surface area contributed by atoms with Gasteiger partial charge in [-0.15, -0.1) is 11.3 Å². The van der Waals surface area contributed by atoms with Crippen LogP contribution >= 0.6 is 22.9 Å². The summed E-state index contributed by atoms with van der Waals surface area (Å²) < 4.78 is 10.8. The van der Waals surface area contributed by atoms with Gasteiger partial charge < -0.3 is 14.8 Å². The molecular weight excluding hydrogens is 396 g/mol. The second-order valence-corrected chi connectivity index (χ2v) is 8.68. The topological polar surface area (TPSA) is 60.5 Å². The van der Waals surface area contributed by atoms with Crippen molar-refractivity contribution in [1.82, 2.24) is 4.98 Å². The number of carbonyl (C=O) groups excluding carboxylic acids is 1. The molecule has 1 aliphatic heterocycles. The average molecular weight is 413 g/mol. The summed E-state index contributed by atoms with van der Waals surface area (Å²) in [6.07, 6.45) is 1.62. The molecule has 2 aromatic carbocycles. The fourth-order valence-electron chi connectivity index (χ4n) is 3.54. The summed E-state index contributed by atoms with van der Waals surface area (Å²) in [5.74, 6) is 1.39. The second-order valence-electron chi connectivity index (χ2n) is 7.04. The summed E-state index contributed by atoms with van der Waals surface area (Å²) in [5.41, 5.74) is 2.23. The Bertz CT molecular complexity index is 1090. The molecule has 0 bridgehead atoms. The Hall–Kier alpha value is -2.57. The molecule has 5 nitrogen and oxygen atoms in total. The molecule has 1 fully saturated rings. The normalized spacial score (nSPS) is 16.1. The lowest BCUT2D eigenvalue weighted by Gasteiger charge is -2.15. The van der Waals surface area contributed by atoms with Crippen LogP contribution in [0.2, 0.25) is 5.02 Å². The molecule has 1 saturated carbocycles. The van der Waals surface area contributed by atoms with Gasteiger partial charge in [0, 0.05) is 15.5 Å². The van der Waals surface area contributed by atoms with Gasteiger partial charge in [0.2, 0.25) is 12.7 Å². The Morgan fingerprint density at radius 2 is 2.00 bits per heavy atom. The van der Waals surface area contributed by atoms with Crippen LogP contribution in [-0.2, 0) is 10.2 Å². The maximum atomic E-state index is 13.1. The molecule has 1 aromatic heterocycles. The van der Waals surface area contributed by atoms with Crippen molar-refractivity contribution in [1.29, 1.82) is 0 Å². The van der Waals surface area contributed by atoms with E-state index in [0.29, 0.717) is 15.9 Å². The number of aromatic nitrogens is 1. The highest BCUT2D eigenvalue weighted by Gasteiger charge is 2.52. The minimum absolute atomic E-state index is 0.0299. The molecule has 0 unspecified atom stereocenters. The van der Waals surface area contributed by atoms with Gasteiger partial charge in [-0.05, 0) is 49.6 Å². The van der Waals surface area contributed by atoms with Crippen LogP contribution in [0.5, 0.6) is 11.5 Å². The number of hydrogen-bond donors (Lipinski definition) is 1. The number of ether oxygens (including phenoxy) is 2. The molecule has 0 spiro atoms. The van der Waals surface area contributed by atoms with E-state index in [-0.39, 0.29) is 12.7 Å². The number of halogens is 1. The van der Waals surface area contributed by atoms with Crippen LogP contribution in [0, 0.1) is 6.92 Å². The number of anilines is 1. The number of nitrogens with zero attached hydrogens (tertiary/aromatic N) is 1. The molecule has 1 amide bonds. The number of amides is 1. The van der Waals surface area contributed by atoms with E-state index in [4.69, 9.17) is 21.1 Å². The molecule has 1 N–H and O–H groups in total. The highest BCUT2D eigenvalue weighted by atomic mass is 35.5. The van der Waals surface area contributed by atoms with Crippen molar-refractivity contribution >= 4 is 34.0 Å². The van der Waals surface area contributed by atoms with Gasteiger partial charge in [0.05, 0.1) is 11.1 Å². The molecule has 142 valence electrons. The molecular formula is C21H17ClN2O3S. The summed E-state index contributed by atoms with van der Waals surface area (Å²) in [4.78, 5) is 18.7. The lowest BCUT2D eigenvalue weighted by molar-refractivity contribution is -0.118. The Morgan fingerprint density at radius 3 is 2.79 bits per heavy atom. The summed E-state index contributed by atoms with van der Waals surface area (Å²) in [5, 5.41) is 4.28. The maximum Gasteiger partial charge on any atom is 0.236 e. The smallest absolute Gasteiger partial charge is 0.236 e. The van der Waals surface area contributed by atoms with Gasteiger partial charge in [-0.2, -0.15) is 0 Å². The number of hydrogen-bond acceptors (Lipinski definition) is 5. The molecule has 28 heavy (non-hydrogen) atoms. The number of carbonyl (C=O) groups is 1. The van der Waals surface area contributed by atoms with Gasteiger partial charge in [-0.1, -0.05) is 29.8 Å². The highest BCUT2D eigenvalue weighted by Crippen LogP contribution is 2.51. The summed E-state index contributed by atoms with van der Waals surface area (Å²) in [7, 11) is 0. The Kier molecular flexibility index (Phi) is 4.07. The summed E-state index contributed by atoms with van der Waals surface area (Å²) in [6.45, 7) is 2.22. The van der Waals surface area contributed by atoms with E-state index in [2.05, 4.69) is 10.3 Å². The maximum absolute atomic E-state index is 13.1. The molecule has 2 aliphatic rings. The quantitative estimate of drug-likeness (QED) is 0.642. The highest BCUT2D eigenvalue weighted by molar-refractivity contribution is 7.16. The predicted molar refractivity (Wildman–Crippen MR) is 109 cm³/mol. The number of fused-ring (bicyclic) bond motifs is 1. The zero-order chi connectivity index (χ0) is 19.3. The van der Waals surface area contributed by atoms with Crippen molar-refractivity contribution < 1.29 is 14.3 Å². The lowest BCUT2D eigenvalue weighted by atomic mass is 9.94. The van der Waals surface area contributed by atoms with E-state index < -0.39 is 5.41 Å². The van der Waals surface area contributed by atoms with Gasteiger partial charge in [0.1, 0.15) is 0 Å². The average Bonchev–Trinajstić information content (AvgIpc) is 3.22. The summed E-state index contributed by atoms with van der Waals surface area (Å²) in [6, 6.07) is 13.3. The number of aryl methyl sites for hydroxylation is 1. The Labute approximate surface area is 171 Å². The van der Waals surface area contributed by atoms with E-state index in [0.717, 1.165) is 40.3 Å². The molecule has 2 heterocycles. The number of thiazole rings is 1. The lowest BCUT2D eigenvalue weighted by Crippen LogP contribution is -2.27. The molecule has 0 radical (unpaired) electrons. The Balaban J connectivity index is 1.39. The van der Waals surface area contributed by atoms with Gasteiger partial charge in [-0.3, -0.25) is 4.79 Å². The van der Waals surface area contributed by atoms with Crippen molar-refractivity contribution in [2.75, 3.05) is 12.1 Å². The Morgan fingerprint density at radius 1 is 1.18 bits per heavy atom. The van der Waals surface area contributed by atoms with E-state index in [1.54, 1.807) is 0 Å². The first kappa shape index (κ1) is 17.5. The fourth-order valence-corrected chi connectivity index (χ4v) is 4.56. The minimum Gasteiger partial charge on any atom is -0.454 e. The fraction of sp³-hybridized carbons (Fsp3) is 0.238. The van der Waals surface area contributed by atoms with Crippen LogP contribution in [0.25, 0.3) is 11.3 Å². The molecule has 7 heteroatoms. The molecule has 1 aliphatic carbocycles. The van der Waals surface area contributed by atoms with Crippen molar-refractivity contribution in [3.63, 3.8) is 0 Å². The van der Waals surface area contributed by atoms with E-state index in [1.807, 2.05) is 49.4 Å². The van der Waals surface area contributed by atoms with Gasteiger partial charge in [-0.25, -0.2) is 4.98 Å². The molecule has 0 saturated heterocycles. The summed E-state index contributed by atoms with van der Waals surface area (Å²) >= 11 is 7.57. The number of benzene rings is 2. The number of nitrogens with one attached hydrogen (secondary N) is 1. The van der Waals surface area contributed by atoms with Crippen LogP contribution < -0.4 is 14.8 Å². The first-order chi connectivity index (χ1) is 13.5. The first-order valence-corrected chi connectivity index (χ1v) is 10.2. The zero-order valence-corrected chi connectivity index (χ0v) is 16.7. The second kappa shape index (κ2) is 6.50. The van der Waals surface area contributed by atoms with Crippen LogP contribution in [0.1, 0.15) is 23.3 Å². The predicted octanol–water partition coefficient (Wildman–Crippen LogP) is 5.17. The van der Waals surface area contributed by atoms with E-state index >= 15 is 0 Å². The van der Waals surface area contributed by atoms with Crippen LogP contribution in [0.15, 0.2) is 42.5 Å². The van der Waals surface area contributed by atoms with Crippen LogP contribution in [0.3, 0.4) is 0 Å². The number of rotatable bonds is 4. The van der Waals surface area contributed by atoms with Gasteiger partial charge in [0.15, 0.2) is 16.6 Å². The van der Waals surface area contributed by atoms with Crippen LogP contribution in [-0.4, -0.2) is 17.7 Å². The molecule has 5 rings (SSSR count). The molecule has 0 atom stereocenters. The van der Waals surface area contributed by atoms with Gasteiger partial charge in [0.25, 0.3) is 0 Å². The third kappa shape index (κ3) is 2.93. The first-order valence-electron chi connectivity index (χ1n) is 9.00. The van der Waals surface area contributed by atoms with Crippen molar-refractivity contribution in [2.45, 2.75) is 25.2 Å². The molecule has 3 aromatic rings. The largest absolute Gasteiger partial charge is 0.454 e. The third-order valence-corrected chi connectivity index (χ3v) is 6.35. The monoisotopic (exact) mass is 412 g/mol. The van der Waals surface area contributed by atoms with E-state index in [9.17, 15) is 4.79 Å². The van der Waals surface area contributed by atoms with Gasteiger partial charge >= 0.3 is 0 Å². The van der Waals surface area contributed by atoms with Crippen molar-refractivity contribution in [2.24, 2.45) is 0 Å². The van der Waals surface area contributed by atoms with Crippen molar-refractivity contribution in [3.8, 4) is 22.8 Å².